The molecule has 0 amide bonds. The molecule has 1 nitrogen and oxygen atoms in total. The molecule has 1 aromatic rings. The lowest BCUT2D eigenvalue weighted by molar-refractivity contribution is 0.101. The summed E-state index contributed by atoms with van der Waals surface area (Å²) in [6.45, 7) is 3.83. The normalized spacial score (nSPS) is 10.3. The molecule has 0 aliphatic carbocycles. The molecule has 0 aromatic heterocycles. The van der Waals surface area contributed by atoms with Gasteiger partial charge in [0.2, 0.25) is 0 Å². The monoisotopic (exact) mass is 222 g/mol. The summed E-state index contributed by atoms with van der Waals surface area (Å²) < 4.78 is 0. The van der Waals surface area contributed by atoms with E-state index >= 15 is 0 Å². The number of unbranched alkanes of at least 4 members (excludes halogenated alkanes) is 2. The minimum Gasteiger partial charge on any atom is -0.294 e. The number of benzene rings is 1. The quantitative estimate of drug-likeness (QED) is 0.408. The highest BCUT2D eigenvalue weighted by atomic mass is 32.2. The molecule has 0 radical (unpaired) electrons. The number of hydrogen-bond donors (Lipinski definition) is 0. The lowest BCUT2D eigenvalue weighted by Gasteiger charge is -2.05. The topological polar surface area (TPSA) is 17.1 Å². The van der Waals surface area contributed by atoms with Crippen molar-refractivity contribution >= 4 is 17.5 Å². The fourth-order valence-corrected chi connectivity index (χ4v) is 2.53. The van der Waals surface area contributed by atoms with Gasteiger partial charge in [0.15, 0.2) is 5.78 Å². The number of ketones is 1. The molecule has 0 spiro atoms. The summed E-state index contributed by atoms with van der Waals surface area (Å²) in [5.41, 5.74) is 0.860. The number of carbonyl (C=O) groups is 1. The Balaban J connectivity index is 2.56. The first-order valence-corrected chi connectivity index (χ1v) is 6.47. The Morgan fingerprint density at radius 3 is 2.67 bits per heavy atom. The highest BCUT2D eigenvalue weighted by Crippen LogP contribution is 2.24. The van der Waals surface area contributed by atoms with Gasteiger partial charge in [0.1, 0.15) is 0 Å². The molecule has 0 unspecified atom stereocenters. The maximum absolute atomic E-state index is 11.3. The van der Waals surface area contributed by atoms with Crippen molar-refractivity contribution in [3.8, 4) is 0 Å². The van der Waals surface area contributed by atoms with Gasteiger partial charge in [0.25, 0.3) is 0 Å². The van der Waals surface area contributed by atoms with E-state index in [1.807, 2.05) is 24.3 Å². The van der Waals surface area contributed by atoms with Gasteiger partial charge in [-0.25, -0.2) is 0 Å². The fourth-order valence-electron chi connectivity index (χ4n) is 1.42. The third kappa shape index (κ3) is 4.08. The van der Waals surface area contributed by atoms with Crippen LogP contribution in [0.5, 0.6) is 0 Å². The highest BCUT2D eigenvalue weighted by Gasteiger charge is 2.05. The van der Waals surface area contributed by atoms with E-state index in [1.165, 1.54) is 19.3 Å². The van der Waals surface area contributed by atoms with Crippen molar-refractivity contribution < 1.29 is 4.79 Å². The van der Waals surface area contributed by atoms with Gasteiger partial charge in [0, 0.05) is 10.5 Å². The van der Waals surface area contributed by atoms with Crippen LogP contribution >= 0.6 is 11.8 Å². The maximum atomic E-state index is 11.3. The van der Waals surface area contributed by atoms with Crippen LogP contribution in [0.2, 0.25) is 0 Å². The van der Waals surface area contributed by atoms with Crippen molar-refractivity contribution in [1.82, 2.24) is 0 Å². The summed E-state index contributed by atoms with van der Waals surface area (Å²) >= 11 is 1.79. The van der Waals surface area contributed by atoms with Gasteiger partial charge in [-0.1, -0.05) is 38.0 Å². The van der Waals surface area contributed by atoms with Crippen molar-refractivity contribution in [2.75, 3.05) is 5.75 Å². The number of rotatable bonds is 6. The lowest BCUT2D eigenvalue weighted by Crippen LogP contribution is -1.94. The average molecular weight is 222 g/mol. The molecule has 0 aliphatic rings. The number of carbonyl (C=O) groups excluding carboxylic acids is 1. The van der Waals surface area contributed by atoms with Crippen LogP contribution < -0.4 is 0 Å². The van der Waals surface area contributed by atoms with Gasteiger partial charge >= 0.3 is 0 Å². The van der Waals surface area contributed by atoms with Gasteiger partial charge in [0.05, 0.1) is 0 Å². The first-order chi connectivity index (χ1) is 7.25. The largest absolute Gasteiger partial charge is 0.294 e. The second-order valence-corrected chi connectivity index (χ2v) is 4.74. The van der Waals surface area contributed by atoms with Gasteiger partial charge in [-0.3, -0.25) is 4.79 Å². The average Bonchev–Trinajstić information content (AvgIpc) is 2.25. The molecular formula is C13H18OS. The smallest absolute Gasteiger partial charge is 0.160 e. The molecule has 1 rings (SSSR count). The van der Waals surface area contributed by atoms with E-state index in [0.29, 0.717) is 0 Å². The predicted octanol–water partition coefficient (Wildman–Crippen LogP) is 4.17. The third-order valence-corrected chi connectivity index (χ3v) is 3.43. The molecule has 1 aromatic carbocycles. The van der Waals surface area contributed by atoms with Crippen molar-refractivity contribution in [3.05, 3.63) is 29.8 Å². The maximum Gasteiger partial charge on any atom is 0.160 e. The first kappa shape index (κ1) is 12.3. The number of Topliss-reactive ketones (excluding diaryl/α,β-unsaturated/α-hetero) is 1. The Morgan fingerprint density at radius 2 is 2.00 bits per heavy atom. The van der Waals surface area contributed by atoms with Crippen LogP contribution in [-0.2, 0) is 0 Å². The van der Waals surface area contributed by atoms with E-state index in [4.69, 9.17) is 0 Å². The number of thioether (sulfide) groups is 1. The van der Waals surface area contributed by atoms with E-state index in [2.05, 4.69) is 6.92 Å². The summed E-state index contributed by atoms with van der Waals surface area (Å²) in [7, 11) is 0. The third-order valence-electron chi connectivity index (χ3n) is 2.27. The standard InChI is InChI=1S/C13H18OS/c1-3-4-7-10-15-13-9-6-5-8-12(13)11(2)14/h5-6,8-9H,3-4,7,10H2,1-2H3. The molecule has 0 saturated carbocycles. The SMILES string of the molecule is CCCCCSc1ccccc1C(C)=O. The molecule has 15 heavy (non-hydrogen) atoms. The Hall–Kier alpha value is -0.760. The van der Waals surface area contributed by atoms with E-state index in [9.17, 15) is 4.79 Å². The van der Waals surface area contributed by atoms with Crippen LogP contribution in [0.25, 0.3) is 0 Å². The summed E-state index contributed by atoms with van der Waals surface area (Å²) in [5, 5.41) is 0. The zero-order chi connectivity index (χ0) is 11.1. The molecule has 0 atom stereocenters. The lowest BCUT2D eigenvalue weighted by atomic mass is 10.1. The van der Waals surface area contributed by atoms with Crippen LogP contribution in [0.15, 0.2) is 29.2 Å². The van der Waals surface area contributed by atoms with E-state index in [0.717, 1.165) is 16.2 Å². The minimum atomic E-state index is 0.161. The van der Waals surface area contributed by atoms with Gasteiger partial charge in [-0.15, -0.1) is 11.8 Å². The Kier molecular flexibility index (Phi) is 5.48. The van der Waals surface area contributed by atoms with Crippen LogP contribution in [0, 0.1) is 0 Å². The zero-order valence-electron chi connectivity index (χ0n) is 9.45. The summed E-state index contributed by atoms with van der Waals surface area (Å²) in [4.78, 5) is 12.5. The van der Waals surface area contributed by atoms with Crippen LogP contribution in [0.1, 0.15) is 43.5 Å². The number of hydrogen-bond acceptors (Lipinski definition) is 2. The van der Waals surface area contributed by atoms with Crippen LogP contribution in [-0.4, -0.2) is 11.5 Å². The Morgan fingerprint density at radius 1 is 1.27 bits per heavy atom. The summed E-state index contributed by atoms with van der Waals surface area (Å²) in [6.07, 6.45) is 3.75. The molecule has 0 N–H and O–H groups in total. The second kappa shape index (κ2) is 6.67. The van der Waals surface area contributed by atoms with Gasteiger partial charge < -0.3 is 0 Å². The van der Waals surface area contributed by atoms with Crippen LogP contribution in [0.4, 0.5) is 0 Å². The Bertz CT molecular complexity index is 320. The van der Waals surface area contributed by atoms with Gasteiger partial charge in [-0.05, 0) is 25.2 Å². The minimum absolute atomic E-state index is 0.161. The highest BCUT2D eigenvalue weighted by molar-refractivity contribution is 7.99. The Labute approximate surface area is 96.3 Å². The van der Waals surface area contributed by atoms with Crippen molar-refractivity contribution in [1.29, 1.82) is 0 Å². The van der Waals surface area contributed by atoms with Crippen LogP contribution in [0.3, 0.4) is 0 Å². The molecule has 0 heterocycles. The van der Waals surface area contributed by atoms with E-state index in [-0.39, 0.29) is 5.78 Å². The first-order valence-electron chi connectivity index (χ1n) is 5.48. The molecule has 2 heteroatoms. The van der Waals surface area contributed by atoms with Crippen molar-refractivity contribution in [2.24, 2.45) is 0 Å². The zero-order valence-corrected chi connectivity index (χ0v) is 10.3. The molecule has 0 aliphatic heterocycles. The summed E-state index contributed by atoms with van der Waals surface area (Å²) in [6, 6.07) is 7.86. The molecular weight excluding hydrogens is 204 g/mol. The molecule has 0 saturated heterocycles. The molecule has 82 valence electrons. The fraction of sp³-hybridized carbons (Fsp3) is 0.462. The molecule has 0 fully saturated rings. The van der Waals surface area contributed by atoms with Crippen molar-refractivity contribution in [2.45, 2.75) is 38.0 Å². The second-order valence-electron chi connectivity index (χ2n) is 3.61. The summed E-state index contributed by atoms with van der Waals surface area (Å²) in [5.74, 6) is 1.27. The molecule has 0 bridgehead atoms. The van der Waals surface area contributed by atoms with E-state index in [1.54, 1.807) is 18.7 Å². The predicted molar refractivity (Wildman–Crippen MR) is 66.7 cm³/mol. The van der Waals surface area contributed by atoms with E-state index < -0.39 is 0 Å². The van der Waals surface area contributed by atoms with Gasteiger partial charge in [-0.2, -0.15) is 0 Å². The van der Waals surface area contributed by atoms with Crippen molar-refractivity contribution in [3.63, 3.8) is 0 Å².